The van der Waals surface area contributed by atoms with E-state index in [2.05, 4.69) is 17.2 Å². The van der Waals surface area contributed by atoms with Crippen LogP contribution in [0.5, 0.6) is 5.75 Å². The molecule has 1 aromatic heterocycles. The van der Waals surface area contributed by atoms with Gasteiger partial charge in [-0.3, -0.25) is 19.4 Å². The zero-order valence-electron chi connectivity index (χ0n) is 17.4. The minimum atomic E-state index is -0.767. The second-order valence-electron chi connectivity index (χ2n) is 8.32. The van der Waals surface area contributed by atoms with Crippen LogP contribution in [0.2, 0.25) is 0 Å². The van der Waals surface area contributed by atoms with Crippen molar-refractivity contribution < 1.29 is 19.1 Å². The van der Waals surface area contributed by atoms with E-state index in [9.17, 15) is 14.4 Å². The Morgan fingerprint density at radius 3 is 2.52 bits per heavy atom. The SMILES string of the molecule is C[C@@H]1CC[C@@H](c2ccc(OC3CC3)cc2)N(C(=O)C(=O)Nc2cncc(C(N)=O)c2)C1. The first kappa shape index (κ1) is 20.8. The lowest BCUT2D eigenvalue weighted by molar-refractivity contribution is -0.146. The number of ether oxygens (including phenoxy) is 1. The summed E-state index contributed by atoms with van der Waals surface area (Å²) in [5.41, 5.74) is 6.64. The fraction of sp³-hybridized carbons (Fsp3) is 0.391. The van der Waals surface area contributed by atoms with Crippen molar-refractivity contribution in [3.05, 3.63) is 53.9 Å². The fourth-order valence-corrected chi connectivity index (χ4v) is 3.83. The van der Waals surface area contributed by atoms with Crippen LogP contribution in [0.15, 0.2) is 42.7 Å². The highest BCUT2D eigenvalue weighted by molar-refractivity contribution is 6.39. The number of nitrogens with zero attached hydrogens (tertiary/aromatic N) is 2. The molecule has 3 amide bonds. The van der Waals surface area contributed by atoms with E-state index in [0.29, 0.717) is 18.6 Å². The normalized spacial score (nSPS) is 20.7. The van der Waals surface area contributed by atoms with Crippen molar-refractivity contribution in [3.8, 4) is 5.75 Å². The summed E-state index contributed by atoms with van der Waals surface area (Å²) in [6.45, 7) is 2.57. The Labute approximate surface area is 180 Å². The summed E-state index contributed by atoms with van der Waals surface area (Å²) in [6.07, 6.45) is 6.94. The summed E-state index contributed by atoms with van der Waals surface area (Å²) < 4.78 is 5.81. The van der Waals surface area contributed by atoms with Crippen LogP contribution < -0.4 is 15.8 Å². The van der Waals surface area contributed by atoms with Gasteiger partial charge in [0.05, 0.1) is 29.6 Å². The molecule has 1 aromatic carbocycles. The number of pyridine rings is 1. The number of nitrogens with two attached hydrogens (primary N) is 1. The quantitative estimate of drug-likeness (QED) is 0.719. The molecule has 162 valence electrons. The first-order valence-corrected chi connectivity index (χ1v) is 10.5. The molecule has 2 fully saturated rings. The minimum Gasteiger partial charge on any atom is -0.490 e. The van der Waals surface area contributed by atoms with Crippen molar-refractivity contribution in [2.75, 3.05) is 11.9 Å². The first-order valence-electron chi connectivity index (χ1n) is 10.5. The van der Waals surface area contributed by atoms with Crippen molar-refractivity contribution in [3.63, 3.8) is 0 Å². The predicted octanol–water partition coefficient (Wildman–Crippen LogP) is 2.66. The van der Waals surface area contributed by atoms with Gasteiger partial charge in [-0.1, -0.05) is 19.1 Å². The lowest BCUT2D eigenvalue weighted by Crippen LogP contribution is -2.46. The number of anilines is 1. The van der Waals surface area contributed by atoms with Crippen LogP contribution in [0, 0.1) is 5.92 Å². The maximum atomic E-state index is 13.0. The highest BCUT2D eigenvalue weighted by atomic mass is 16.5. The van der Waals surface area contributed by atoms with Crippen LogP contribution in [0.4, 0.5) is 5.69 Å². The smallest absolute Gasteiger partial charge is 0.313 e. The minimum absolute atomic E-state index is 0.156. The van der Waals surface area contributed by atoms with E-state index >= 15 is 0 Å². The number of primary amides is 1. The van der Waals surface area contributed by atoms with E-state index in [4.69, 9.17) is 10.5 Å². The third-order valence-electron chi connectivity index (χ3n) is 5.65. The molecule has 0 unspecified atom stereocenters. The number of amides is 3. The molecule has 1 saturated heterocycles. The second-order valence-corrected chi connectivity index (χ2v) is 8.32. The lowest BCUT2D eigenvalue weighted by atomic mass is 9.89. The van der Waals surface area contributed by atoms with Crippen LogP contribution in [-0.4, -0.2) is 40.3 Å². The van der Waals surface area contributed by atoms with Gasteiger partial charge in [0, 0.05) is 12.7 Å². The second kappa shape index (κ2) is 8.75. The van der Waals surface area contributed by atoms with Crippen LogP contribution in [0.1, 0.15) is 54.6 Å². The number of hydrogen-bond donors (Lipinski definition) is 2. The average Bonchev–Trinajstić information content (AvgIpc) is 3.58. The molecule has 4 rings (SSSR count). The van der Waals surface area contributed by atoms with E-state index in [1.807, 2.05) is 24.3 Å². The number of aromatic nitrogens is 1. The number of benzene rings is 1. The van der Waals surface area contributed by atoms with E-state index in [1.54, 1.807) is 4.90 Å². The summed E-state index contributed by atoms with van der Waals surface area (Å²) in [4.78, 5) is 42.6. The molecule has 3 N–H and O–H groups in total. The molecular weight excluding hydrogens is 396 g/mol. The molecule has 2 atom stereocenters. The third kappa shape index (κ3) is 5.02. The van der Waals surface area contributed by atoms with E-state index in [0.717, 1.165) is 37.0 Å². The Morgan fingerprint density at radius 2 is 1.84 bits per heavy atom. The predicted molar refractivity (Wildman–Crippen MR) is 114 cm³/mol. The molecule has 0 bridgehead atoms. The summed E-state index contributed by atoms with van der Waals surface area (Å²) >= 11 is 0. The molecule has 2 aliphatic rings. The maximum Gasteiger partial charge on any atom is 0.313 e. The molecular formula is C23H26N4O4. The van der Waals surface area contributed by atoms with Gasteiger partial charge in [-0.2, -0.15) is 0 Å². The van der Waals surface area contributed by atoms with Gasteiger partial charge < -0.3 is 20.7 Å². The molecule has 31 heavy (non-hydrogen) atoms. The Kier molecular flexibility index (Phi) is 5.88. The monoisotopic (exact) mass is 422 g/mol. The van der Waals surface area contributed by atoms with E-state index in [1.165, 1.54) is 18.5 Å². The van der Waals surface area contributed by atoms with Crippen molar-refractivity contribution >= 4 is 23.4 Å². The number of carbonyl (C=O) groups is 3. The Balaban J connectivity index is 1.48. The number of likely N-dealkylation sites (tertiary alicyclic amines) is 1. The van der Waals surface area contributed by atoms with Gasteiger partial charge in [-0.05, 0) is 55.4 Å². The summed E-state index contributed by atoms with van der Waals surface area (Å²) in [5, 5.41) is 2.54. The maximum absolute atomic E-state index is 13.0. The molecule has 2 aromatic rings. The van der Waals surface area contributed by atoms with E-state index < -0.39 is 17.7 Å². The topological polar surface area (TPSA) is 115 Å². The molecule has 1 aliphatic carbocycles. The number of nitrogens with one attached hydrogen (secondary N) is 1. The fourth-order valence-electron chi connectivity index (χ4n) is 3.83. The molecule has 0 radical (unpaired) electrons. The van der Waals surface area contributed by atoms with Gasteiger partial charge in [0.2, 0.25) is 5.91 Å². The Morgan fingerprint density at radius 1 is 1.10 bits per heavy atom. The van der Waals surface area contributed by atoms with Crippen LogP contribution in [0.25, 0.3) is 0 Å². The van der Waals surface area contributed by atoms with Crippen LogP contribution in [-0.2, 0) is 9.59 Å². The van der Waals surface area contributed by atoms with Crippen LogP contribution in [0.3, 0.4) is 0 Å². The van der Waals surface area contributed by atoms with Gasteiger partial charge in [0.1, 0.15) is 5.75 Å². The molecule has 0 spiro atoms. The van der Waals surface area contributed by atoms with Crippen molar-refractivity contribution in [2.24, 2.45) is 11.7 Å². The zero-order valence-corrected chi connectivity index (χ0v) is 17.4. The third-order valence-corrected chi connectivity index (χ3v) is 5.65. The summed E-state index contributed by atoms with van der Waals surface area (Å²) in [5.74, 6) is -0.914. The number of carbonyl (C=O) groups excluding carboxylic acids is 3. The largest absolute Gasteiger partial charge is 0.490 e. The number of hydrogen-bond acceptors (Lipinski definition) is 5. The van der Waals surface area contributed by atoms with Gasteiger partial charge in [0.25, 0.3) is 0 Å². The first-order chi connectivity index (χ1) is 14.9. The summed E-state index contributed by atoms with van der Waals surface area (Å²) in [7, 11) is 0. The Bertz CT molecular complexity index is 987. The zero-order chi connectivity index (χ0) is 22.0. The molecule has 1 aliphatic heterocycles. The van der Waals surface area contributed by atoms with Gasteiger partial charge in [-0.15, -0.1) is 0 Å². The number of rotatable bonds is 5. The van der Waals surface area contributed by atoms with Gasteiger partial charge in [-0.25, -0.2) is 0 Å². The average molecular weight is 422 g/mol. The highest BCUT2D eigenvalue weighted by Crippen LogP contribution is 2.35. The standard InChI is InChI=1S/C23H26N4O4/c1-14-2-9-20(15-3-5-18(6-4-15)31-19-7-8-19)27(13-14)23(30)22(29)26-17-10-16(21(24)28)11-25-12-17/h3-6,10-12,14,19-20H,2,7-9,13H2,1H3,(H2,24,28)(H,26,29)/t14-,20+/m1/s1. The molecule has 8 heteroatoms. The highest BCUT2D eigenvalue weighted by Gasteiger charge is 2.34. The molecule has 1 saturated carbocycles. The van der Waals surface area contributed by atoms with Crippen LogP contribution >= 0.6 is 0 Å². The van der Waals surface area contributed by atoms with Gasteiger partial charge >= 0.3 is 11.8 Å². The summed E-state index contributed by atoms with van der Waals surface area (Å²) in [6, 6.07) is 9.01. The van der Waals surface area contributed by atoms with Crippen molar-refractivity contribution in [1.29, 1.82) is 0 Å². The Hall–Kier alpha value is -3.42. The molecule has 2 heterocycles. The molecule has 8 nitrogen and oxygen atoms in total. The van der Waals surface area contributed by atoms with Crippen molar-refractivity contribution in [1.82, 2.24) is 9.88 Å². The van der Waals surface area contributed by atoms with Gasteiger partial charge in [0.15, 0.2) is 0 Å². The lowest BCUT2D eigenvalue weighted by Gasteiger charge is -2.38. The number of piperidine rings is 1. The van der Waals surface area contributed by atoms with Crippen molar-refractivity contribution in [2.45, 2.75) is 44.8 Å². The van der Waals surface area contributed by atoms with E-state index in [-0.39, 0.29) is 17.3 Å².